The molecule has 0 aromatic heterocycles. The van der Waals surface area contributed by atoms with E-state index in [0.29, 0.717) is 18.4 Å². The lowest BCUT2D eigenvalue weighted by molar-refractivity contribution is -0.0968. The topological polar surface area (TPSA) is 77.8 Å². The lowest BCUT2D eigenvalue weighted by Crippen LogP contribution is -2.13. The Bertz CT molecular complexity index is 506. The lowest BCUT2D eigenvalue weighted by atomic mass is 10.1. The summed E-state index contributed by atoms with van der Waals surface area (Å²) in [6.07, 6.45) is -0.869. The van der Waals surface area contributed by atoms with Crippen molar-refractivity contribution in [3.63, 3.8) is 0 Å². The third-order valence-corrected chi connectivity index (χ3v) is 2.40. The first-order valence-electron chi connectivity index (χ1n) is 6.57. The zero-order valence-electron chi connectivity index (χ0n) is 12.7. The molecular formula is C13H18F3N2O3+. The largest absolute Gasteiger partial charge is 0.543 e. The molecule has 0 radical (unpaired) electrons. The molecule has 8 heteroatoms. The van der Waals surface area contributed by atoms with Crippen LogP contribution in [0.25, 0.3) is 4.98 Å². The molecule has 5 nitrogen and oxygen atoms in total. The first-order valence-corrected chi connectivity index (χ1v) is 5.99. The van der Waals surface area contributed by atoms with Crippen molar-refractivity contribution in [2.75, 3.05) is 13.2 Å². The molecule has 0 saturated heterocycles. The maximum atomic E-state index is 12.3. The van der Waals surface area contributed by atoms with Crippen molar-refractivity contribution < 1.29 is 29.5 Å². The summed E-state index contributed by atoms with van der Waals surface area (Å²) < 4.78 is 48.3. The molecule has 0 rings (SSSR count). The first-order chi connectivity index (χ1) is 10.1. The molecule has 0 heterocycles. The van der Waals surface area contributed by atoms with Crippen LogP contribution in [0.3, 0.4) is 0 Å². The molecule has 0 saturated carbocycles. The fourth-order valence-electron chi connectivity index (χ4n) is 1.29. The maximum Gasteiger partial charge on any atom is 0.543 e. The third kappa shape index (κ3) is 7.99. The molecule has 0 fully saturated rings. The van der Waals surface area contributed by atoms with Gasteiger partial charge < -0.3 is 14.9 Å². The number of halogens is 3. The second-order valence-electron chi connectivity index (χ2n) is 4.29. The number of hydrogen-bond donors (Lipinski definition) is 2. The SMILES string of the molecule is [2H]C(O)/C=C(\C)CC/C=C(\C)CO/C(O)=C(\[N+]#N)C(F)(F)F. The highest BCUT2D eigenvalue weighted by atomic mass is 19.4. The average Bonchev–Trinajstić information content (AvgIpc) is 2.34. The Labute approximate surface area is 122 Å². The Balaban J connectivity index is 4.51. The Morgan fingerprint density at radius 1 is 1.33 bits per heavy atom. The van der Waals surface area contributed by atoms with Gasteiger partial charge in [0.1, 0.15) is 6.61 Å². The molecule has 0 amide bonds. The van der Waals surface area contributed by atoms with Crippen LogP contribution in [0.2, 0.25) is 0 Å². The average molecular weight is 308 g/mol. The third-order valence-electron chi connectivity index (χ3n) is 2.40. The van der Waals surface area contributed by atoms with Crippen molar-refractivity contribution in [3.05, 3.63) is 39.9 Å². The quantitative estimate of drug-likeness (QED) is 0.426. The second-order valence-corrected chi connectivity index (χ2v) is 4.29. The minimum Gasteiger partial charge on any atom is -0.475 e. The van der Waals surface area contributed by atoms with Gasteiger partial charge in [-0.3, -0.25) is 0 Å². The van der Waals surface area contributed by atoms with Gasteiger partial charge in [-0.1, -0.05) is 17.7 Å². The van der Waals surface area contributed by atoms with E-state index in [1.807, 2.05) is 4.98 Å². The van der Waals surface area contributed by atoms with Crippen LogP contribution in [-0.2, 0) is 4.74 Å². The van der Waals surface area contributed by atoms with Crippen molar-refractivity contribution in [1.29, 1.82) is 5.39 Å². The first kappa shape index (κ1) is 17.0. The summed E-state index contributed by atoms with van der Waals surface area (Å²) in [5.74, 6) is -1.50. The zero-order chi connectivity index (χ0) is 17.3. The normalized spacial score (nSPS) is 16.7. The van der Waals surface area contributed by atoms with E-state index in [0.717, 1.165) is 5.57 Å². The smallest absolute Gasteiger partial charge is 0.475 e. The maximum absolute atomic E-state index is 12.3. The number of hydrogen-bond acceptors (Lipinski definition) is 4. The van der Waals surface area contributed by atoms with E-state index in [-0.39, 0.29) is 6.61 Å². The van der Waals surface area contributed by atoms with Gasteiger partial charge in [-0.25, -0.2) is 0 Å². The van der Waals surface area contributed by atoms with Gasteiger partial charge in [0.25, 0.3) is 0 Å². The highest BCUT2D eigenvalue weighted by Gasteiger charge is 2.51. The summed E-state index contributed by atoms with van der Waals surface area (Å²) in [5, 5.41) is 26.1. The van der Waals surface area contributed by atoms with Crippen molar-refractivity contribution in [2.24, 2.45) is 0 Å². The second kappa shape index (κ2) is 9.02. The van der Waals surface area contributed by atoms with E-state index in [9.17, 15) is 13.2 Å². The molecule has 0 spiro atoms. The highest BCUT2D eigenvalue weighted by Crippen LogP contribution is 2.28. The number of diazo groups is 1. The number of nitrogens with zero attached hydrogens (tertiary/aromatic N) is 2. The fourth-order valence-corrected chi connectivity index (χ4v) is 1.29. The van der Waals surface area contributed by atoms with E-state index < -0.39 is 24.4 Å². The summed E-state index contributed by atoms with van der Waals surface area (Å²) in [5.41, 5.74) is -0.539. The van der Waals surface area contributed by atoms with E-state index in [1.165, 1.54) is 6.08 Å². The molecule has 1 atom stereocenters. The van der Waals surface area contributed by atoms with E-state index in [1.54, 1.807) is 19.9 Å². The van der Waals surface area contributed by atoms with Gasteiger partial charge in [-0.05, 0) is 32.3 Å². The van der Waals surface area contributed by atoms with Crippen LogP contribution in [-0.4, -0.2) is 29.6 Å². The van der Waals surface area contributed by atoms with Crippen LogP contribution in [0.4, 0.5) is 13.2 Å². The van der Waals surface area contributed by atoms with Crippen molar-refractivity contribution in [2.45, 2.75) is 32.9 Å². The number of aliphatic hydroxyl groups excluding tert-OH is 2. The zero-order valence-corrected chi connectivity index (χ0v) is 11.7. The Morgan fingerprint density at radius 3 is 2.43 bits per heavy atom. The Morgan fingerprint density at radius 2 is 1.95 bits per heavy atom. The fraction of sp³-hybridized carbons (Fsp3) is 0.538. The summed E-state index contributed by atoms with van der Waals surface area (Å²) in [6.45, 7) is 1.75. The summed E-state index contributed by atoms with van der Waals surface area (Å²) in [7, 11) is 0. The summed E-state index contributed by atoms with van der Waals surface area (Å²) in [6, 6.07) is 0. The number of rotatable bonds is 7. The molecule has 0 aromatic carbocycles. The van der Waals surface area contributed by atoms with E-state index >= 15 is 0 Å². The standard InChI is InChI=1S/C13H17F3N2O3/c1-9(6-7-19)4-3-5-10(2)8-21-12(20)11(18-17)13(14,15)16/h5-6,19H,3-4,7-8H2,1-2H3/p+1/b9-6+,10-5+,12-11-/i7D. The molecule has 0 aliphatic heterocycles. The van der Waals surface area contributed by atoms with Crippen LogP contribution >= 0.6 is 0 Å². The van der Waals surface area contributed by atoms with Gasteiger partial charge >= 0.3 is 17.8 Å². The lowest BCUT2D eigenvalue weighted by Gasteiger charge is -2.05. The minimum atomic E-state index is -5.02. The van der Waals surface area contributed by atoms with Gasteiger partial charge in [0, 0.05) is 0 Å². The van der Waals surface area contributed by atoms with Crippen molar-refractivity contribution in [1.82, 2.24) is 0 Å². The molecule has 0 aliphatic carbocycles. The summed E-state index contributed by atoms with van der Waals surface area (Å²) >= 11 is 0. The molecule has 21 heavy (non-hydrogen) atoms. The van der Waals surface area contributed by atoms with E-state index in [2.05, 4.69) is 4.74 Å². The molecule has 2 N–H and O–H groups in total. The van der Waals surface area contributed by atoms with Crippen LogP contribution in [0.15, 0.2) is 34.9 Å². The van der Waals surface area contributed by atoms with Gasteiger partial charge in [0.15, 0.2) is 4.98 Å². The minimum absolute atomic E-state index is 0.301. The van der Waals surface area contributed by atoms with E-state index in [4.69, 9.17) is 17.0 Å². The van der Waals surface area contributed by atoms with Crippen LogP contribution in [0.1, 0.15) is 28.1 Å². The molecule has 1 unspecified atom stereocenters. The Kier molecular flexibility index (Phi) is 7.32. The van der Waals surface area contributed by atoms with Gasteiger partial charge in [0.2, 0.25) is 5.39 Å². The predicted octanol–water partition coefficient (Wildman–Crippen LogP) is 3.81. The molecule has 118 valence electrons. The molecule has 0 bridgehead atoms. The van der Waals surface area contributed by atoms with Crippen molar-refractivity contribution in [3.8, 4) is 0 Å². The van der Waals surface area contributed by atoms with Crippen LogP contribution in [0.5, 0.6) is 0 Å². The monoisotopic (exact) mass is 308 g/mol. The van der Waals surface area contributed by atoms with Gasteiger partial charge in [-0.2, -0.15) is 13.2 Å². The van der Waals surface area contributed by atoms with Crippen LogP contribution < -0.4 is 0 Å². The number of alkyl halides is 3. The molecule has 0 aromatic rings. The van der Waals surface area contributed by atoms with Gasteiger partial charge in [0.05, 0.1) is 7.95 Å². The van der Waals surface area contributed by atoms with Crippen LogP contribution in [0, 0.1) is 5.39 Å². The highest BCUT2D eigenvalue weighted by molar-refractivity contribution is 5.16. The molecule has 0 aliphatic rings. The number of aliphatic hydroxyl groups is 2. The summed E-state index contributed by atoms with van der Waals surface area (Å²) in [4.78, 5) is 1.96. The number of allylic oxidation sites excluding steroid dienone is 3. The Hall–Kier alpha value is -2.01. The van der Waals surface area contributed by atoms with Gasteiger partial charge in [-0.15, -0.1) is 0 Å². The molecular weight excluding hydrogens is 289 g/mol. The number of ether oxygens (including phenoxy) is 1. The predicted molar refractivity (Wildman–Crippen MR) is 70.6 cm³/mol. The van der Waals surface area contributed by atoms with Crippen molar-refractivity contribution >= 4 is 0 Å².